The van der Waals surface area contributed by atoms with E-state index in [1.165, 1.54) is 193 Å². The molecule has 0 amide bonds. The van der Waals surface area contributed by atoms with Crippen LogP contribution in [0.5, 0.6) is 0 Å². The first-order valence-corrected chi connectivity index (χ1v) is 41.5. The van der Waals surface area contributed by atoms with Crippen LogP contribution in [-0.2, 0) is 65.4 Å². The van der Waals surface area contributed by atoms with E-state index in [0.29, 0.717) is 31.6 Å². The Morgan fingerprint density at radius 2 is 0.495 bits per heavy atom. The minimum atomic E-state index is -4.96. The molecule has 0 saturated heterocycles. The van der Waals surface area contributed by atoms with Gasteiger partial charge in [0.2, 0.25) is 0 Å². The Morgan fingerprint density at radius 3 is 0.731 bits per heavy atom. The molecule has 0 aliphatic carbocycles. The van der Waals surface area contributed by atoms with E-state index in [4.69, 9.17) is 37.0 Å². The molecule has 0 fully saturated rings. The van der Waals surface area contributed by atoms with Crippen LogP contribution in [0, 0.1) is 11.8 Å². The van der Waals surface area contributed by atoms with Crippen LogP contribution in [0.2, 0.25) is 0 Å². The molecule has 0 radical (unpaired) electrons. The van der Waals surface area contributed by atoms with Crippen LogP contribution < -0.4 is 0 Å². The van der Waals surface area contributed by atoms with Gasteiger partial charge in [0.25, 0.3) is 0 Å². The Morgan fingerprint density at radius 1 is 0.290 bits per heavy atom. The fourth-order valence-corrected chi connectivity index (χ4v) is 12.9. The van der Waals surface area contributed by atoms with Gasteiger partial charge in [-0.25, -0.2) is 9.13 Å². The smallest absolute Gasteiger partial charge is 0.462 e. The molecule has 5 atom stereocenters. The first-order valence-electron chi connectivity index (χ1n) is 38.5. The highest BCUT2D eigenvalue weighted by Gasteiger charge is 2.30. The number of carbonyl (C=O) groups is 4. The molecule has 17 nitrogen and oxygen atoms in total. The van der Waals surface area contributed by atoms with Gasteiger partial charge in [-0.05, 0) is 37.5 Å². The minimum Gasteiger partial charge on any atom is -0.462 e. The molecular formula is C74H144O17P2. The molecule has 0 aliphatic heterocycles. The zero-order valence-corrected chi connectivity index (χ0v) is 62.3. The predicted octanol–water partition coefficient (Wildman–Crippen LogP) is 21.6. The molecule has 0 aromatic rings. The molecule has 0 rings (SSSR count). The van der Waals surface area contributed by atoms with Crippen molar-refractivity contribution in [3.05, 3.63) is 0 Å². The zero-order chi connectivity index (χ0) is 68.6. The highest BCUT2D eigenvalue weighted by Crippen LogP contribution is 2.45. The van der Waals surface area contributed by atoms with Crippen molar-refractivity contribution in [1.29, 1.82) is 0 Å². The Bertz CT molecular complexity index is 1800. The molecule has 19 heteroatoms. The molecule has 0 aliphatic rings. The third-order valence-corrected chi connectivity index (χ3v) is 19.1. The van der Waals surface area contributed by atoms with Gasteiger partial charge in [-0.2, -0.15) is 0 Å². The van der Waals surface area contributed by atoms with Crippen molar-refractivity contribution < 1.29 is 80.2 Å². The largest absolute Gasteiger partial charge is 0.472 e. The Hall–Kier alpha value is -1.94. The van der Waals surface area contributed by atoms with Crippen LogP contribution in [0.3, 0.4) is 0 Å². The Labute approximate surface area is 568 Å². The third kappa shape index (κ3) is 68.4. The summed E-state index contributed by atoms with van der Waals surface area (Å²) < 4.78 is 68.4. The van der Waals surface area contributed by atoms with E-state index >= 15 is 0 Å². The van der Waals surface area contributed by atoms with Crippen molar-refractivity contribution in [3.63, 3.8) is 0 Å². The monoisotopic (exact) mass is 1370 g/mol. The van der Waals surface area contributed by atoms with E-state index in [9.17, 15) is 43.2 Å². The van der Waals surface area contributed by atoms with Crippen molar-refractivity contribution >= 4 is 39.5 Å². The number of rotatable bonds is 73. The number of unbranched alkanes of at least 4 members (excludes halogenated alkanes) is 43. The molecule has 93 heavy (non-hydrogen) atoms. The number of phosphoric ester groups is 2. The number of ether oxygens (including phenoxy) is 4. The minimum absolute atomic E-state index is 0.107. The van der Waals surface area contributed by atoms with Crippen molar-refractivity contribution in [2.75, 3.05) is 39.6 Å². The molecule has 0 spiro atoms. The number of carbonyl (C=O) groups excluding carboxylic acids is 4. The van der Waals surface area contributed by atoms with Crippen LogP contribution in [0.15, 0.2) is 0 Å². The van der Waals surface area contributed by atoms with E-state index in [1.807, 2.05) is 0 Å². The van der Waals surface area contributed by atoms with Crippen molar-refractivity contribution in [2.45, 2.75) is 400 Å². The summed E-state index contributed by atoms with van der Waals surface area (Å²) in [4.78, 5) is 72.7. The molecular weight excluding hydrogens is 1220 g/mol. The average molecular weight is 1370 g/mol. The van der Waals surface area contributed by atoms with E-state index in [1.54, 1.807) is 0 Å². The fourth-order valence-electron chi connectivity index (χ4n) is 11.3. The van der Waals surface area contributed by atoms with Crippen LogP contribution in [0.4, 0.5) is 0 Å². The quantitative estimate of drug-likeness (QED) is 0.0222. The molecule has 2 unspecified atom stereocenters. The molecule has 3 N–H and O–H groups in total. The number of aliphatic hydroxyl groups is 1. The first-order chi connectivity index (χ1) is 44.9. The number of phosphoric acid groups is 2. The standard InChI is InChI=1S/C74H144O17P2/c1-7-9-11-13-15-17-19-21-22-23-24-25-26-28-34-40-47-53-59-74(79)90-69(62-84-71(76)56-50-44-38-32-30-29-31-36-42-48-54-66(3)4)64-88-92(80,81)86-60-68(75)61-87-93(82,83)89-65-70(63-85-72(77)57-51-45-41-35-37-43-49-55-67(5)6)91-73(78)58-52-46-39-33-27-20-18-16-14-12-10-8-2/h66-70,75H,7-65H2,1-6H3,(H,80,81)(H,82,83)/t68-,69-,70-/m1/s1. The molecule has 552 valence electrons. The summed E-state index contributed by atoms with van der Waals surface area (Å²) in [6.45, 7) is 9.52. The second-order valence-corrected chi connectivity index (χ2v) is 30.5. The van der Waals surface area contributed by atoms with Crippen LogP contribution >= 0.6 is 15.6 Å². The maximum absolute atomic E-state index is 13.1. The normalized spacial score (nSPS) is 14.1. The van der Waals surface area contributed by atoms with Gasteiger partial charge >= 0.3 is 39.5 Å². The lowest BCUT2D eigenvalue weighted by molar-refractivity contribution is -0.161. The van der Waals surface area contributed by atoms with E-state index in [0.717, 1.165) is 102 Å². The number of hydrogen-bond donors (Lipinski definition) is 3. The molecule has 0 bridgehead atoms. The van der Waals surface area contributed by atoms with Crippen molar-refractivity contribution in [2.24, 2.45) is 11.8 Å². The maximum Gasteiger partial charge on any atom is 0.472 e. The number of hydrogen-bond acceptors (Lipinski definition) is 15. The molecule has 0 aromatic carbocycles. The SMILES string of the molecule is CCCCCCCCCCCCCCCCCCCCC(=O)O[C@H](COC(=O)CCCCCCCCCCCCC(C)C)COP(=O)(O)OC[C@@H](O)COP(=O)(O)OC[C@@H](COC(=O)CCCCCCCCCC(C)C)OC(=O)CCCCCCCCCCCCCC. The summed E-state index contributed by atoms with van der Waals surface area (Å²) in [6, 6.07) is 0. The lowest BCUT2D eigenvalue weighted by atomic mass is 10.0. The fraction of sp³-hybridized carbons (Fsp3) is 0.946. The third-order valence-electron chi connectivity index (χ3n) is 17.2. The average Bonchev–Trinajstić information content (AvgIpc) is 1.88. The van der Waals surface area contributed by atoms with Crippen LogP contribution in [0.25, 0.3) is 0 Å². The first kappa shape index (κ1) is 91.1. The van der Waals surface area contributed by atoms with Gasteiger partial charge in [-0.15, -0.1) is 0 Å². The van der Waals surface area contributed by atoms with Crippen LogP contribution in [-0.4, -0.2) is 96.7 Å². The highest BCUT2D eigenvalue weighted by molar-refractivity contribution is 7.47. The second-order valence-electron chi connectivity index (χ2n) is 27.6. The molecule has 0 saturated carbocycles. The topological polar surface area (TPSA) is 237 Å². The van der Waals surface area contributed by atoms with E-state index in [2.05, 4.69) is 41.5 Å². The van der Waals surface area contributed by atoms with Gasteiger partial charge in [0.15, 0.2) is 12.2 Å². The van der Waals surface area contributed by atoms with E-state index < -0.39 is 97.5 Å². The highest BCUT2D eigenvalue weighted by atomic mass is 31.2. The van der Waals surface area contributed by atoms with Crippen LogP contribution in [0.1, 0.15) is 382 Å². The maximum atomic E-state index is 13.1. The number of esters is 4. The van der Waals surface area contributed by atoms with Gasteiger partial charge in [0, 0.05) is 25.7 Å². The summed E-state index contributed by atoms with van der Waals surface area (Å²) in [5.74, 6) is -0.654. The van der Waals surface area contributed by atoms with Gasteiger partial charge in [-0.1, -0.05) is 330 Å². The summed E-state index contributed by atoms with van der Waals surface area (Å²) >= 11 is 0. The Kier molecular flexibility index (Phi) is 64.6. The molecule has 0 aromatic heterocycles. The number of aliphatic hydroxyl groups excluding tert-OH is 1. The van der Waals surface area contributed by atoms with E-state index in [-0.39, 0.29) is 25.7 Å². The van der Waals surface area contributed by atoms with Crippen molar-refractivity contribution in [1.82, 2.24) is 0 Å². The predicted molar refractivity (Wildman–Crippen MR) is 377 cm³/mol. The summed E-state index contributed by atoms with van der Waals surface area (Å²) in [7, 11) is -9.91. The lowest BCUT2D eigenvalue weighted by Crippen LogP contribution is -2.30. The van der Waals surface area contributed by atoms with Gasteiger partial charge < -0.3 is 33.8 Å². The molecule has 0 heterocycles. The summed E-state index contributed by atoms with van der Waals surface area (Å²) in [6.07, 6.45) is 52.8. The summed E-state index contributed by atoms with van der Waals surface area (Å²) in [5.41, 5.74) is 0. The lowest BCUT2D eigenvalue weighted by Gasteiger charge is -2.21. The van der Waals surface area contributed by atoms with Gasteiger partial charge in [0.05, 0.1) is 26.4 Å². The zero-order valence-electron chi connectivity index (χ0n) is 60.6. The van der Waals surface area contributed by atoms with Gasteiger partial charge in [-0.3, -0.25) is 37.3 Å². The summed E-state index contributed by atoms with van der Waals surface area (Å²) in [5, 5.41) is 10.6. The Balaban J connectivity index is 5.23. The second kappa shape index (κ2) is 66.0. The van der Waals surface area contributed by atoms with Gasteiger partial charge in [0.1, 0.15) is 19.3 Å². The van der Waals surface area contributed by atoms with Crippen molar-refractivity contribution in [3.8, 4) is 0 Å².